The molecular formula is C51H78O9Si2. The van der Waals surface area contributed by atoms with Crippen LogP contribution in [-0.2, 0) is 52.4 Å². The van der Waals surface area contributed by atoms with Crippen LogP contribution in [0.2, 0.25) is 36.3 Å². The van der Waals surface area contributed by atoms with Gasteiger partial charge in [-0.2, -0.15) is 0 Å². The molecule has 3 aromatic carbocycles. The van der Waals surface area contributed by atoms with Crippen molar-refractivity contribution in [1.82, 2.24) is 0 Å². The molecule has 1 saturated heterocycles. The molecule has 1 fully saturated rings. The number of aliphatic hydroxyl groups excluding tert-OH is 2. The summed E-state index contributed by atoms with van der Waals surface area (Å²) in [7, 11) is -3.59. The van der Waals surface area contributed by atoms with Gasteiger partial charge in [0.1, 0.15) is 48.8 Å². The zero-order chi connectivity index (χ0) is 45.6. The Balaban J connectivity index is 1.83. The van der Waals surface area contributed by atoms with Crippen LogP contribution in [0, 0.1) is 11.8 Å². The average Bonchev–Trinajstić information content (AvgIpc) is 3.23. The van der Waals surface area contributed by atoms with Crippen LogP contribution >= 0.6 is 0 Å². The summed E-state index contributed by atoms with van der Waals surface area (Å²) in [5.74, 6) is 6.86. The second-order valence-corrected chi connectivity index (χ2v) is 29.3. The molecule has 344 valence electrons. The topological polar surface area (TPSA) is 105 Å². The van der Waals surface area contributed by atoms with Gasteiger partial charge in [0.25, 0.3) is 0 Å². The Hall–Kier alpha value is -2.71. The van der Waals surface area contributed by atoms with Gasteiger partial charge in [0.15, 0.2) is 22.9 Å². The third-order valence-electron chi connectivity index (χ3n) is 12.8. The largest absolute Gasteiger partial charge is 0.408 e. The third-order valence-corrected chi connectivity index (χ3v) is 21.7. The number of aliphatic hydroxyl groups is 2. The highest BCUT2D eigenvalue weighted by molar-refractivity contribution is 6.74. The smallest absolute Gasteiger partial charge is 0.193 e. The predicted molar refractivity (Wildman–Crippen MR) is 253 cm³/mol. The highest BCUT2D eigenvalue weighted by Gasteiger charge is 2.55. The Kier molecular flexibility index (Phi) is 20.1. The van der Waals surface area contributed by atoms with E-state index in [1.54, 1.807) is 7.11 Å². The summed E-state index contributed by atoms with van der Waals surface area (Å²) in [6.07, 6.45) is -4.56. The van der Waals surface area contributed by atoms with E-state index in [1.807, 2.05) is 91.0 Å². The van der Waals surface area contributed by atoms with Crippen LogP contribution in [-0.4, -0.2) is 89.1 Å². The minimum Gasteiger partial charge on any atom is -0.408 e. The summed E-state index contributed by atoms with van der Waals surface area (Å²) >= 11 is 0. The van der Waals surface area contributed by atoms with Gasteiger partial charge in [-0.25, -0.2) is 0 Å². The van der Waals surface area contributed by atoms with Crippen molar-refractivity contribution in [3.05, 3.63) is 108 Å². The summed E-state index contributed by atoms with van der Waals surface area (Å²) in [5, 5.41) is 25.3. The van der Waals surface area contributed by atoms with Crippen molar-refractivity contribution in [3.63, 3.8) is 0 Å². The SMILES string of the molecule is CCCCCCC#C[C@H](O[Si](C)(C)C(C)(C)C)[C@@H](O[Si](C)(C)C(C)(C)C)C(O)C(O)[C@H]1O[C@H](OC)[C@H](OCc2ccccc2)[C@@H](OCc2ccccc2)[C@@H]1OCc1ccccc1. The normalized spacial score (nSPS) is 22.0. The van der Waals surface area contributed by atoms with Crippen molar-refractivity contribution in [2.75, 3.05) is 7.11 Å². The molecule has 62 heavy (non-hydrogen) atoms. The third kappa shape index (κ3) is 14.9. The number of rotatable bonds is 22. The maximum absolute atomic E-state index is 12.8. The fourth-order valence-corrected chi connectivity index (χ4v) is 9.34. The van der Waals surface area contributed by atoms with Crippen LogP contribution in [0.4, 0.5) is 0 Å². The van der Waals surface area contributed by atoms with E-state index in [4.69, 9.17) is 32.5 Å². The van der Waals surface area contributed by atoms with Crippen molar-refractivity contribution in [1.29, 1.82) is 0 Å². The zero-order valence-corrected chi connectivity index (χ0v) is 41.8. The Morgan fingerprint density at radius 1 is 0.629 bits per heavy atom. The minimum absolute atomic E-state index is 0.161. The van der Waals surface area contributed by atoms with E-state index in [0.717, 1.165) is 42.4 Å². The van der Waals surface area contributed by atoms with Gasteiger partial charge in [-0.05, 0) is 59.4 Å². The first-order valence-corrected chi connectivity index (χ1v) is 28.5. The molecule has 3 aromatic rings. The Morgan fingerprint density at radius 2 is 1.08 bits per heavy atom. The number of hydrogen-bond acceptors (Lipinski definition) is 9. The average molecular weight is 891 g/mol. The summed E-state index contributed by atoms with van der Waals surface area (Å²) in [6, 6.07) is 29.6. The maximum atomic E-state index is 12.8. The molecule has 2 unspecified atom stereocenters. The van der Waals surface area contributed by atoms with Crippen molar-refractivity contribution in [2.45, 2.75) is 192 Å². The highest BCUT2D eigenvalue weighted by Crippen LogP contribution is 2.42. The van der Waals surface area contributed by atoms with Gasteiger partial charge >= 0.3 is 0 Å². The molecule has 9 atom stereocenters. The number of ether oxygens (including phenoxy) is 5. The van der Waals surface area contributed by atoms with Crippen LogP contribution in [0.25, 0.3) is 0 Å². The molecule has 0 spiro atoms. The number of hydrogen-bond donors (Lipinski definition) is 2. The van der Waals surface area contributed by atoms with E-state index in [0.29, 0.717) is 6.42 Å². The molecule has 0 aromatic heterocycles. The Bertz CT molecular complexity index is 1770. The molecule has 1 heterocycles. The molecule has 0 saturated carbocycles. The standard InChI is InChI=1S/C51H78O9Si2/c1-13-14-15-16-17-27-34-41(59-61(9,10)50(2,3)4)44(60-62(11,12)51(5,6)7)42(52)43(53)45-46(55-35-38-28-21-18-22-29-38)47(56-36-39-30-23-19-24-31-39)48(49(54-8)58-45)57-37-40-32-25-20-26-33-40/h18-26,28-33,41-49,52-53H,13-17,35-37H2,1-12H3/t41-,42?,43?,44+,45+,46+,47-,48+,49-/m0/s1. The van der Waals surface area contributed by atoms with E-state index in [9.17, 15) is 10.2 Å². The molecule has 0 aliphatic carbocycles. The van der Waals surface area contributed by atoms with Gasteiger partial charge in [0, 0.05) is 13.5 Å². The second-order valence-electron chi connectivity index (χ2n) is 19.7. The van der Waals surface area contributed by atoms with Gasteiger partial charge in [0.2, 0.25) is 0 Å². The highest BCUT2D eigenvalue weighted by atomic mass is 28.4. The van der Waals surface area contributed by atoms with Gasteiger partial charge in [0.05, 0.1) is 19.8 Å². The molecule has 4 rings (SSSR count). The van der Waals surface area contributed by atoms with Crippen molar-refractivity contribution < 1.29 is 42.7 Å². The lowest BCUT2D eigenvalue weighted by Crippen LogP contribution is -2.66. The molecule has 0 bridgehead atoms. The number of unbranched alkanes of at least 4 members (excludes halogenated alkanes) is 4. The molecule has 11 heteroatoms. The molecule has 2 N–H and O–H groups in total. The van der Waals surface area contributed by atoms with E-state index in [1.165, 1.54) is 0 Å². The Labute approximate surface area is 376 Å². The summed E-state index contributed by atoms with van der Waals surface area (Å²) in [5.41, 5.74) is 2.85. The van der Waals surface area contributed by atoms with Gasteiger partial charge in [-0.1, -0.05) is 165 Å². The van der Waals surface area contributed by atoms with Gasteiger partial charge in [-0.3, -0.25) is 0 Å². The molecule has 0 radical (unpaired) electrons. The minimum atomic E-state index is -2.63. The van der Waals surface area contributed by atoms with E-state index < -0.39 is 71.8 Å². The fourth-order valence-electron chi connectivity index (χ4n) is 6.86. The lowest BCUT2D eigenvalue weighted by molar-refractivity contribution is -0.335. The monoisotopic (exact) mass is 891 g/mol. The lowest BCUT2D eigenvalue weighted by atomic mass is 9.89. The van der Waals surface area contributed by atoms with Crippen LogP contribution in [0.5, 0.6) is 0 Å². The van der Waals surface area contributed by atoms with Crippen LogP contribution in [0.15, 0.2) is 91.0 Å². The van der Waals surface area contributed by atoms with E-state index in [2.05, 4.69) is 86.5 Å². The molecular weight excluding hydrogens is 813 g/mol. The molecule has 1 aliphatic heterocycles. The van der Waals surface area contributed by atoms with Crippen molar-refractivity contribution in [3.8, 4) is 11.8 Å². The predicted octanol–water partition coefficient (Wildman–Crippen LogP) is 10.6. The zero-order valence-electron chi connectivity index (χ0n) is 39.8. The lowest BCUT2D eigenvalue weighted by Gasteiger charge is -2.49. The fraction of sp³-hybridized carbons (Fsp3) is 0.608. The van der Waals surface area contributed by atoms with Crippen LogP contribution < -0.4 is 0 Å². The molecule has 0 amide bonds. The van der Waals surface area contributed by atoms with E-state index >= 15 is 0 Å². The van der Waals surface area contributed by atoms with Crippen LogP contribution in [0.1, 0.15) is 97.3 Å². The first-order chi connectivity index (χ1) is 29.3. The second kappa shape index (κ2) is 24.0. The summed E-state index contributed by atoms with van der Waals surface area (Å²) < 4.78 is 47.4. The molecule has 1 aliphatic rings. The van der Waals surface area contributed by atoms with Crippen molar-refractivity contribution in [2.24, 2.45) is 0 Å². The van der Waals surface area contributed by atoms with Gasteiger partial charge in [-0.15, -0.1) is 5.92 Å². The first kappa shape index (κ1) is 51.9. The quantitative estimate of drug-likeness (QED) is 0.0580. The summed E-state index contributed by atoms with van der Waals surface area (Å²) in [6.45, 7) is 24.6. The Morgan fingerprint density at radius 3 is 1.53 bits per heavy atom. The van der Waals surface area contributed by atoms with Gasteiger partial charge < -0.3 is 42.7 Å². The summed E-state index contributed by atoms with van der Waals surface area (Å²) in [4.78, 5) is 0. The van der Waals surface area contributed by atoms with Crippen molar-refractivity contribution >= 4 is 16.6 Å². The first-order valence-electron chi connectivity index (χ1n) is 22.6. The van der Waals surface area contributed by atoms with Crippen LogP contribution in [0.3, 0.4) is 0 Å². The number of benzene rings is 3. The van der Waals surface area contributed by atoms with E-state index in [-0.39, 0.29) is 29.9 Å². The molecule has 9 nitrogen and oxygen atoms in total. The number of methoxy groups -OCH3 is 1. The maximum Gasteiger partial charge on any atom is 0.193 e.